The Morgan fingerprint density at radius 2 is 2.15 bits per heavy atom. The summed E-state index contributed by atoms with van der Waals surface area (Å²) in [5.74, 6) is -0.135. The number of carbonyl (C=O) groups is 1. The predicted molar refractivity (Wildman–Crippen MR) is 75.5 cm³/mol. The van der Waals surface area contributed by atoms with E-state index >= 15 is 0 Å². The monoisotopic (exact) mass is 294 g/mol. The standard InChI is InChI=1S/C13H15N3O3S/c1-3-10(20-12-13(18)19-15-16(12)2)11(17)14-9-7-5-4-6-8-9/h4-8,10H,3H2,1-2H3,(H-,14,15,17,18)/p+1. The third-order valence-electron chi connectivity index (χ3n) is 2.71. The van der Waals surface area contributed by atoms with E-state index in [9.17, 15) is 9.59 Å². The first kappa shape index (κ1) is 14.4. The highest BCUT2D eigenvalue weighted by Crippen LogP contribution is 2.21. The number of hydrogen-bond donors (Lipinski definition) is 2. The smallest absolute Gasteiger partial charge is 0.325 e. The van der Waals surface area contributed by atoms with Gasteiger partial charge in [0.2, 0.25) is 5.91 Å². The van der Waals surface area contributed by atoms with Crippen molar-refractivity contribution in [2.24, 2.45) is 7.05 Å². The molecule has 106 valence electrons. The molecule has 1 aromatic heterocycles. The fraction of sp³-hybridized carbons (Fsp3) is 0.308. The summed E-state index contributed by atoms with van der Waals surface area (Å²) in [6, 6.07) is 9.22. The fourth-order valence-corrected chi connectivity index (χ4v) is 2.60. The Balaban J connectivity index is 2.09. The molecule has 6 nitrogen and oxygen atoms in total. The van der Waals surface area contributed by atoms with E-state index in [2.05, 4.69) is 15.1 Å². The van der Waals surface area contributed by atoms with Crippen molar-refractivity contribution in [1.82, 2.24) is 5.27 Å². The average Bonchev–Trinajstić information content (AvgIpc) is 2.76. The average molecular weight is 294 g/mol. The molecule has 0 aliphatic rings. The molecule has 1 unspecified atom stereocenters. The van der Waals surface area contributed by atoms with Gasteiger partial charge in [-0.2, -0.15) is 0 Å². The Morgan fingerprint density at radius 3 is 2.70 bits per heavy atom. The zero-order valence-corrected chi connectivity index (χ0v) is 12.1. The molecule has 0 radical (unpaired) electrons. The molecule has 0 saturated carbocycles. The van der Waals surface area contributed by atoms with E-state index < -0.39 is 5.63 Å². The molecule has 0 aliphatic carbocycles. The summed E-state index contributed by atoms with van der Waals surface area (Å²) in [5.41, 5.74) is 0.269. The van der Waals surface area contributed by atoms with Crippen LogP contribution in [0, 0.1) is 0 Å². The van der Waals surface area contributed by atoms with Gasteiger partial charge < -0.3 is 5.32 Å². The third-order valence-corrected chi connectivity index (χ3v) is 4.21. The van der Waals surface area contributed by atoms with Crippen LogP contribution in [0.4, 0.5) is 5.69 Å². The summed E-state index contributed by atoms with van der Waals surface area (Å²) in [6.45, 7) is 1.90. The van der Waals surface area contributed by atoms with Gasteiger partial charge in [-0.3, -0.25) is 9.32 Å². The number of carbonyl (C=O) groups excluding carboxylic acids is 1. The summed E-state index contributed by atoms with van der Waals surface area (Å²) in [6.07, 6.45) is 0.605. The number of aromatic amines is 1. The van der Waals surface area contributed by atoms with Crippen LogP contribution in [0.15, 0.2) is 44.7 Å². The van der Waals surface area contributed by atoms with E-state index in [0.717, 1.165) is 5.69 Å². The van der Waals surface area contributed by atoms with Gasteiger partial charge in [-0.25, -0.2) is 4.79 Å². The number of anilines is 1. The van der Waals surface area contributed by atoms with Gasteiger partial charge >= 0.3 is 10.7 Å². The highest BCUT2D eigenvalue weighted by Gasteiger charge is 2.27. The van der Waals surface area contributed by atoms with E-state index in [1.54, 1.807) is 7.05 Å². The molecule has 1 aromatic carbocycles. The lowest BCUT2D eigenvalue weighted by Crippen LogP contribution is -2.35. The zero-order valence-electron chi connectivity index (χ0n) is 11.3. The Labute approximate surface area is 120 Å². The highest BCUT2D eigenvalue weighted by molar-refractivity contribution is 8.00. The van der Waals surface area contributed by atoms with Crippen molar-refractivity contribution in [2.45, 2.75) is 23.6 Å². The van der Waals surface area contributed by atoms with Crippen molar-refractivity contribution in [3.8, 4) is 0 Å². The van der Waals surface area contributed by atoms with E-state index in [-0.39, 0.29) is 11.2 Å². The van der Waals surface area contributed by atoms with Gasteiger partial charge in [0, 0.05) is 5.69 Å². The molecular formula is C13H16N3O3S+. The van der Waals surface area contributed by atoms with Gasteiger partial charge in [-0.05, 0) is 35.6 Å². The summed E-state index contributed by atoms with van der Waals surface area (Å²) in [7, 11) is 1.66. The van der Waals surface area contributed by atoms with Crippen molar-refractivity contribution in [3.63, 3.8) is 0 Å². The molecule has 0 fully saturated rings. The lowest BCUT2D eigenvalue weighted by atomic mass is 10.3. The first-order chi connectivity index (χ1) is 9.61. The zero-order chi connectivity index (χ0) is 14.5. The number of amides is 1. The predicted octanol–water partition coefficient (Wildman–Crippen LogP) is 1.30. The number of benzene rings is 1. The fourth-order valence-electron chi connectivity index (χ4n) is 1.66. The molecule has 1 heterocycles. The SMILES string of the molecule is CCC(Sc1c(=O)o[nH][n+]1C)C(=O)Nc1ccccc1. The molecule has 0 saturated heterocycles. The Kier molecular flexibility index (Phi) is 4.62. The maximum atomic E-state index is 12.2. The molecule has 0 aliphatic heterocycles. The van der Waals surface area contributed by atoms with Crippen LogP contribution in [0.1, 0.15) is 13.3 Å². The van der Waals surface area contributed by atoms with E-state index in [1.807, 2.05) is 37.3 Å². The van der Waals surface area contributed by atoms with Gasteiger partial charge in [-0.1, -0.05) is 29.8 Å². The number of rotatable bonds is 5. The minimum Gasteiger partial charge on any atom is -0.325 e. The number of H-pyrrole nitrogens is 1. The Morgan fingerprint density at radius 1 is 1.45 bits per heavy atom. The van der Waals surface area contributed by atoms with Crippen LogP contribution >= 0.6 is 11.8 Å². The van der Waals surface area contributed by atoms with Crippen LogP contribution in [-0.4, -0.2) is 16.4 Å². The second-order valence-corrected chi connectivity index (χ2v) is 5.41. The molecule has 0 bridgehead atoms. The third kappa shape index (κ3) is 3.30. The first-order valence-corrected chi connectivity index (χ1v) is 7.10. The Bertz CT molecular complexity index is 636. The molecule has 7 heteroatoms. The minimum absolute atomic E-state index is 0.135. The first-order valence-electron chi connectivity index (χ1n) is 6.22. The van der Waals surface area contributed by atoms with Crippen molar-refractivity contribution >= 4 is 23.4 Å². The van der Waals surface area contributed by atoms with Gasteiger partial charge in [0.15, 0.2) is 7.05 Å². The van der Waals surface area contributed by atoms with Crippen molar-refractivity contribution in [3.05, 3.63) is 40.8 Å². The molecule has 2 aromatic rings. The van der Waals surface area contributed by atoms with Crippen LogP contribution < -0.4 is 15.6 Å². The Hall–Kier alpha value is -2.02. The number of thioether (sulfide) groups is 1. The topological polar surface area (TPSA) is 79.0 Å². The number of aryl methyl sites for hydroxylation is 1. The largest absolute Gasteiger partial charge is 0.441 e. The lowest BCUT2D eigenvalue weighted by molar-refractivity contribution is -0.772. The van der Waals surface area contributed by atoms with E-state index in [1.165, 1.54) is 16.4 Å². The minimum atomic E-state index is -0.469. The number of aromatic nitrogens is 2. The van der Waals surface area contributed by atoms with E-state index in [4.69, 9.17) is 0 Å². The van der Waals surface area contributed by atoms with Crippen LogP contribution in [0.3, 0.4) is 0 Å². The summed E-state index contributed by atoms with van der Waals surface area (Å²) >= 11 is 1.19. The van der Waals surface area contributed by atoms with E-state index in [0.29, 0.717) is 11.4 Å². The van der Waals surface area contributed by atoms with Crippen molar-refractivity contribution in [2.75, 3.05) is 5.32 Å². The quantitative estimate of drug-likeness (QED) is 0.643. The van der Waals surface area contributed by atoms with Crippen molar-refractivity contribution in [1.29, 1.82) is 0 Å². The maximum Gasteiger partial charge on any atom is 0.441 e. The van der Waals surface area contributed by atoms with Gasteiger partial charge in [0.1, 0.15) is 0 Å². The van der Waals surface area contributed by atoms with Gasteiger partial charge in [0.05, 0.1) is 5.25 Å². The van der Waals surface area contributed by atoms with Crippen LogP contribution in [0.2, 0.25) is 0 Å². The van der Waals surface area contributed by atoms with Crippen LogP contribution in [-0.2, 0) is 11.8 Å². The van der Waals surface area contributed by atoms with Crippen LogP contribution in [0.5, 0.6) is 0 Å². The summed E-state index contributed by atoms with van der Waals surface area (Å²) < 4.78 is 6.13. The second-order valence-electron chi connectivity index (χ2n) is 4.21. The van der Waals surface area contributed by atoms with Crippen LogP contribution in [0.25, 0.3) is 0 Å². The number of para-hydroxylation sites is 1. The molecule has 20 heavy (non-hydrogen) atoms. The molecular weight excluding hydrogens is 278 g/mol. The summed E-state index contributed by atoms with van der Waals surface area (Å²) in [4.78, 5) is 23.7. The molecule has 1 amide bonds. The van der Waals surface area contributed by atoms with Gasteiger partial charge in [-0.15, -0.1) is 0 Å². The lowest BCUT2D eigenvalue weighted by Gasteiger charge is -2.11. The normalized spacial score (nSPS) is 12.1. The molecule has 2 N–H and O–H groups in total. The van der Waals surface area contributed by atoms with Crippen molar-refractivity contribution < 1.29 is 14.0 Å². The molecule has 2 rings (SSSR count). The van der Waals surface area contributed by atoms with Gasteiger partial charge in [0.25, 0.3) is 0 Å². The molecule has 0 spiro atoms. The maximum absolute atomic E-state index is 12.2. The molecule has 1 atom stereocenters. The second kappa shape index (κ2) is 6.42. The summed E-state index contributed by atoms with van der Waals surface area (Å²) in [5, 5.41) is 5.28. The highest BCUT2D eigenvalue weighted by atomic mass is 32.2. The number of nitrogens with one attached hydrogen (secondary N) is 2. The number of nitrogens with zero attached hydrogens (tertiary/aromatic N) is 1. The number of hydrogen-bond acceptors (Lipinski definition) is 4.